The van der Waals surface area contributed by atoms with Gasteiger partial charge in [-0.2, -0.15) is 0 Å². The van der Waals surface area contributed by atoms with Gasteiger partial charge in [-0.25, -0.2) is 8.42 Å². The van der Waals surface area contributed by atoms with Gasteiger partial charge in [0.05, 0.1) is 18.6 Å². The molecule has 0 radical (unpaired) electrons. The first kappa shape index (κ1) is 17.8. The van der Waals surface area contributed by atoms with Crippen LogP contribution in [0.5, 0.6) is 0 Å². The topological polar surface area (TPSA) is 78.0 Å². The number of aromatic nitrogens is 3. The molecule has 0 fully saturated rings. The Morgan fingerprint density at radius 3 is 2.64 bits per heavy atom. The van der Waals surface area contributed by atoms with Crippen LogP contribution in [0, 0.1) is 6.92 Å². The van der Waals surface area contributed by atoms with Crippen LogP contribution < -0.4 is 0 Å². The van der Waals surface area contributed by atoms with E-state index >= 15 is 0 Å². The third-order valence-corrected chi connectivity index (χ3v) is 5.85. The van der Waals surface area contributed by atoms with E-state index in [4.69, 9.17) is 4.42 Å². The molecule has 0 aliphatic carbocycles. The maximum absolute atomic E-state index is 11.4. The summed E-state index contributed by atoms with van der Waals surface area (Å²) in [6, 6.07) is 11.7. The first-order valence-corrected chi connectivity index (χ1v) is 10.8. The van der Waals surface area contributed by atoms with Crippen LogP contribution in [0.25, 0.3) is 11.4 Å². The number of rotatable bonds is 7. The fraction of sp³-hybridized carbons (Fsp3) is 0.294. The molecule has 3 rings (SSSR count). The van der Waals surface area contributed by atoms with Gasteiger partial charge in [-0.05, 0) is 24.6 Å². The molecule has 132 valence electrons. The first-order valence-electron chi connectivity index (χ1n) is 7.76. The van der Waals surface area contributed by atoms with Gasteiger partial charge in [0.1, 0.15) is 15.6 Å². The Morgan fingerprint density at radius 1 is 1.16 bits per heavy atom. The largest absolute Gasteiger partial charge is 0.467 e. The van der Waals surface area contributed by atoms with Gasteiger partial charge in [-0.1, -0.05) is 36.0 Å². The van der Waals surface area contributed by atoms with Crippen molar-refractivity contribution in [3.05, 3.63) is 54.0 Å². The Bertz CT molecular complexity index is 947. The number of aryl methyl sites for hydroxylation is 1. The molecule has 6 nitrogen and oxygen atoms in total. The van der Waals surface area contributed by atoms with Crippen molar-refractivity contribution in [3.8, 4) is 11.4 Å². The molecule has 0 aliphatic heterocycles. The van der Waals surface area contributed by atoms with E-state index in [1.54, 1.807) is 6.26 Å². The van der Waals surface area contributed by atoms with Crippen molar-refractivity contribution in [2.24, 2.45) is 0 Å². The highest BCUT2D eigenvalue weighted by atomic mass is 32.2. The molecule has 0 amide bonds. The van der Waals surface area contributed by atoms with Crippen LogP contribution in [0.1, 0.15) is 11.3 Å². The number of hydrogen-bond acceptors (Lipinski definition) is 6. The lowest BCUT2D eigenvalue weighted by atomic mass is 10.1. The zero-order valence-electron chi connectivity index (χ0n) is 14.0. The van der Waals surface area contributed by atoms with E-state index in [1.807, 2.05) is 47.9 Å². The fourth-order valence-electron chi connectivity index (χ4n) is 2.40. The number of thioether (sulfide) groups is 1. The Kier molecular flexibility index (Phi) is 5.29. The quantitative estimate of drug-likeness (QED) is 0.589. The van der Waals surface area contributed by atoms with Crippen LogP contribution in [0.3, 0.4) is 0 Å². The summed E-state index contributed by atoms with van der Waals surface area (Å²) in [4.78, 5) is 0. The van der Waals surface area contributed by atoms with Gasteiger partial charge < -0.3 is 4.42 Å². The number of hydrogen-bond donors (Lipinski definition) is 0. The van der Waals surface area contributed by atoms with Crippen molar-refractivity contribution in [1.82, 2.24) is 14.8 Å². The molecule has 8 heteroatoms. The standard InChI is InChI=1S/C17H19N3O3S2/c1-13-6-3-4-8-15(13)16-18-19-17(24-10-11-25(2,21)22)20(16)12-14-7-5-9-23-14/h3-9H,10-12H2,1-2H3. The molecular formula is C17H19N3O3S2. The minimum atomic E-state index is -3.01. The van der Waals surface area contributed by atoms with E-state index < -0.39 is 9.84 Å². The first-order chi connectivity index (χ1) is 11.9. The zero-order chi connectivity index (χ0) is 17.9. The highest BCUT2D eigenvalue weighted by Crippen LogP contribution is 2.27. The van der Waals surface area contributed by atoms with E-state index in [0.29, 0.717) is 17.5 Å². The Balaban J connectivity index is 1.94. The summed E-state index contributed by atoms with van der Waals surface area (Å²) in [5, 5.41) is 9.30. The molecule has 0 N–H and O–H groups in total. The lowest BCUT2D eigenvalue weighted by molar-refractivity contribution is 0.485. The molecule has 0 atom stereocenters. The SMILES string of the molecule is Cc1ccccc1-c1nnc(SCCS(C)(=O)=O)n1Cc1ccco1. The lowest BCUT2D eigenvalue weighted by Gasteiger charge is -2.10. The second kappa shape index (κ2) is 7.45. The molecule has 0 saturated carbocycles. The number of nitrogens with zero attached hydrogens (tertiary/aromatic N) is 3. The summed E-state index contributed by atoms with van der Waals surface area (Å²) in [5.41, 5.74) is 2.10. The molecule has 2 aromatic heterocycles. The van der Waals surface area contributed by atoms with Crippen molar-refractivity contribution in [2.75, 3.05) is 17.8 Å². The number of furan rings is 1. The Labute approximate surface area is 151 Å². The highest BCUT2D eigenvalue weighted by molar-refractivity contribution is 8.00. The molecule has 0 saturated heterocycles. The molecule has 3 aromatic rings. The minimum absolute atomic E-state index is 0.102. The predicted molar refractivity (Wildman–Crippen MR) is 98.4 cm³/mol. The van der Waals surface area contributed by atoms with Gasteiger partial charge in [-0.3, -0.25) is 4.57 Å². The molecule has 25 heavy (non-hydrogen) atoms. The smallest absolute Gasteiger partial charge is 0.191 e. The Hall–Kier alpha value is -2.06. The van der Waals surface area contributed by atoms with Gasteiger partial charge in [0.15, 0.2) is 11.0 Å². The van der Waals surface area contributed by atoms with E-state index in [2.05, 4.69) is 10.2 Å². The molecule has 2 heterocycles. The van der Waals surface area contributed by atoms with Crippen molar-refractivity contribution >= 4 is 21.6 Å². The van der Waals surface area contributed by atoms with Crippen LogP contribution in [-0.2, 0) is 16.4 Å². The average molecular weight is 377 g/mol. The minimum Gasteiger partial charge on any atom is -0.467 e. The summed E-state index contributed by atoms with van der Waals surface area (Å²) in [6.45, 7) is 2.52. The predicted octanol–water partition coefficient (Wildman–Crippen LogP) is 3.03. The fourth-order valence-corrected chi connectivity index (χ4v) is 4.54. The lowest BCUT2D eigenvalue weighted by Crippen LogP contribution is -2.07. The van der Waals surface area contributed by atoms with Crippen LogP contribution >= 0.6 is 11.8 Å². The van der Waals surface area contributed by atoms with Crippen LogP contribution in [-0.4, -0.2) is 40.9 Å². The van der Waals surface area contributed by atoms with Crippen LogP contribution in [0.4, 0.5) is 0 Å². The van der Waals surface area contributed by atoms with E-state index in [0.717, 1.165) is 22.7 Å². The summed E-state index contributed by atoms with van der Waals surface area (Å²) in [6.07, 6.45) is 2.86. The summed E-state index contributed by atoms with van der Waals surface area (Å²) in [7, 11) is -3.01. The monoisotopic (exact) mass is 377 g/mol. The molecule has 1 aromatic carbocycles. The van der Waals surface area contributed by atoms with Gasteiger partial charge in [0.25, 0.3) is 0 Å². The third kappa shape index (κ3) is 4.52. The molecule has 0 spiro atoms. The summed E-state index contributed by atoms with van der Waals surface area (Å²) >= 11 is 1.39. The summed E-state index contributed by atoms with van der Waals surface area (Å²) < 4.78 is 30.2. The normalized spacial score (nSPS) is 11.8. The van der Waals surface area contributed by atoms with Crippen LogP contribution in [0.2, 0.25) is 0 Å². The highest BCUT2D eigenvalue weighted by Gasteiger charge is 2.17. The van der Waals surface area contributed by atoms with Crippen molar-refractivity contribution < 1.29 is 12.8 Å². The second-order valence-electron chi connectivity index (χ2n) is 5.76. The second-order valence-corrected chi connectivity index (χ2v) is 9.09. The average Bonchev–Trinajstić information content (AvgIpc) is 3.18. The van der Waals surface area contributed by atoms with Gasteiger partial charge in [-0.15, -0.1) is 10.2 Å². The van der Waals surface area contributed by atoms with Gasteiger partial charge in [0.2, 0.25) is 0 Å². The molecule has 0 bridgehead atoms. The zero-order valence-corrected chi connectivity index (χ0v) is 15.7. The van der Waals surface area contributed by atoms with E-state index in [-0.39, 0.29) is 5.75 Å². The number of sulfone groups is 1. The number of benzene rings is 1. The maximum atomic E-state index is 11.4. The van der Waals surface area contributed by atoms with Gasteiger partial charge in [0, 0.05) is 17.6 Å². The van der Waals surface area contributed by atoms with E-state index in [9.17, 15) is 8.42 Å². The van der Waals surface area contributed by atoms with Crippen LogP contribution in [0.15, 0.2) is 52.2 Å². The van der Waals surface area contributed by atoms with Crippen molar-refractivity contribution in [2.45, 2.75) is 18.6 Å². The summed E-state index contributed by atoms with van der Waals surface area (Å²) in [5.74, 6) is 2.07. The van der Waals surface area contributed by atoms with Crippen molar-refractivity contribution in [3.63, 3.8) is 0 Å². The van der Waals surface area contributed by atoms with Gasteiger partial charge >= 0.3 is 0 Å². The molecular weight excluding hydrogens is 358 g/mol. The van der Waals surface area contributed by atoms with E-state index in [1.165, 1.54) is 18.0 Å². The maximum Gasteiger partial charge on any atom is 0.191 e. The third-order valence-electron chi connectivity index (χ3n) is 3.68. The molecule has 0 unspecified atom stereocenters. The Morgan fingerprint density at radius 2 is 1.96 bits per heavy atom. The van der Waals surface area contributed by atoms with Crippen molar-refractivity contribution in [1.29, 1.82) is 0 Å². The molecule has 0 aliphatic rings.